The molecular formula is C5H8AlN3. The zero-order valence-corrected chi connectivity index (χ0v) is 7.84. The molecule has 0 spiro atoms. The molecule has 1 rings (SSSR count). The van der Waals surface area contributed by atoms with Gasteiger partial charge in [-0.3, -0.25) is 0 Å². The second-order valence-electron chi connectivity index (χ2n) is 1.98. The normalized spacial score (nSPS) is 9.56. The highest BCUT2D eigenvalue weighted by atomic mass is 27.0. The fraction of sp³-hybridized carbons (Fsp3) is 0.400. The van der Waals surface area contributed by atoms with Gasteiger partial charge < -0.3 is 0 Å². The van der Waals surface area contributed by atoms with Gasteiger partial charge in [-0.05, 0) is 13.8 Å². The van der Waals surface area contributed by atoms with Crippen molar-refractivity contribution in [1.29, 1.82) is 0 Å². The van der Waals surface area contributed by atoms with Gasteiger partial charge in [-0.1, -0.05) is 0 Å². The summed E-state index contributed by atoms with van der Waals surface area (Å²) in [5, 5.41) is 0. The smallest absolute Gasteiger partial charge is 0.239 e. The molecule has 1 heterocycles. The lowest BCUT2D eigenvalue weighted by Crippen LogP contribution is -2.17. The maximum absolute atomic E-state index is 4.07. The van der Waals surface area contributed by atoms with E-state index in [4.69, 9.17) is 0 Å². The molecule has 0 N–H and O–H groups in total. The lowest BCUT2D eigenvalue weighted by molar-refractivity contribution is 0.949. The molecule has 0 aromatic carbocycles. The van der Waals surface area contributed by atoms with E-state index in [1.165, 1.54) is 0 Å². The Morgan fingerprint density at radius 3 is 1.78 bits per heavy atom. The van der Waals surface area contributed by atoms with Crippen molar-refractivity contribution >= 4 is 21.0 Å². The van der Waals surface area contributed by atoms with Crippen LogP contribution in [0.4, 0.5) is 0 Å². The van der Waals surface area contributed by atoms with E-state index in [2.05, 4.69) is 15.0 Å². The zero-order valence-electron chi connectivity index (χ0n) is 5.84. The first-order chi connectivity index (χ1) is 4.18. The summed E-state index contributed by atoms with van der Waals surface area (Å²) in [5.74, 6) is 1.65. The summed E-state index contributed by atoms with van der Waals surface area (Å²) in [6.07, 6.45) is 0. The number of aryl methyl sites for hydroxylation is 2. The third-order valence-electron chi connectivity index (χ3n) is 0.971. The molecule has 0 bridgehead atoms. The lowest BCUT2D eigenvalue weighted by Gasteiger charge is -1.95. The van der Waals surface area contributed by atoms with E-state index in [1.54, 1.807) is 0 Å². The minimum atomic E-state index is 0.826. The molecule has 0 atom stereocenters. The highest BCUT2D eigenvalue weighted by Crippen LogP contribution is 1.81. The Balaban J connectivity index is 3.17. The molecule has 0 unspecified atom stereocenters. The summed E-state index contributed by atoms with van der Waals surface area (Å²) in [7, 11) is 0. The molecular weight excluding hydrogens is 129 g/mol. The van der Waals surface area contributed by atoms with Crippen molar-refractivity contribution in [2.75, 3.05) is 0 Å². The third-order valence-corrected chi connectivity index (χ3v) is 1.42. The first-order valence-corrected chi connectivity index (χ1v) is 3.84. The SMILES string of the molecule is Cc1nc(C)n[c]([AlH2])n1. The van der Waals surface area contributed by atoms with Crippen molar-refractivity contribution < 1.29 is 0 Å². The molecule has 1 aromatic rings. The zero-order chi connectivity index (χ0) is 6.85. The molecule has 9 heavy (non-hydrogen) atoms. The Kier molecular flexibility index (Phi) is 1.79. The second kappa shape index (κ2) is 2.42. The predicted molar refractivity (Wildman–Crippen MR) is 37.5 cm³/mol. The van der Waals surface area contributed by atoms with Crippen LogP contribution in [0.25, 0.3) is 0 Å². The van der Waals surface area contributed by atoms with Crippen LogP contribution in [0.2, 0.25) is 0 Å². The summed E-state index contributed by atoms with van der Waals surface area (Å²) in [6, 6.07) is 0. The largest absolute Gasteiger partial charge is 0.321 e. The van der Waals surface area contributed by atoms with Gasteiger partial charge in [0.05, 0.1) is 0 Å². The van der Waals surface area contributed by atoms with Gasteiger partial charge in [0.1, 0.15) is 11.6 Å². The topological polar surface area (TPSA) is 38.7 Å². The minimum absolute atomic E-state index is 0.826. The molecule has 46 valence electrons. The van der Waals surface area contributed by atoms with Crippen LogP contribution < -0.4 is 4.69 Å². The average molecular weight is 137 g/mol. The molecule has 3 nitrogen and oxygen atoms in total. The van der Waals surface area contributed by atoms with E-state index in [9.17, 15) is 0 Å². The van der Waals surface area contributed by atoms with Crippen LogP contribution in [0.5, 0.6) is 0 Å². The van der Waals surface area contributed by atoms with E-state index in [-0.39, 0.29) is 0 Å². The molecule has 4 heteroatoms. The molecule has 0 aliphatic heterocycles. The third kappa shape index (κ3) is 1.74. The number of hydrogen-bond acceptors (Lipinski definition) is 3. The Labute approximate surface area is 62.0 Å². The van der Waals surface area contributed by atoms with Crippen LogP contribution in [0, 0.1) is 13.8 Å². The average Bonchev–Trinajstić information content (AvgIpc) is 1.59. The number of hydrogen-bond donors (Lipinski definition) is 0. The highest BCUT2D eigenvalue weighted by Gasteiger charge is 1.91. The fourth-order valence-electron chi connectivity index (χ4n) is 0.777. The van der Waals surface area contributed by atoms with Gasteiger partial charge in [-0.15, -0.1) is 0 Å². The molecule has 0 fully saturated rings. The first kappa shape index (κ1) is 6.66. The van der Waals surface area contributed by atoms with Crippen molar-refractivity contribution in [3.05, 3.63) is 11.6 Å². The van der Waals surface area contributed by atoms with Gasteiger partial charge in [0.15, 0.2) is 0 Å². The quantitative estimate of drug-likeness (QED) is 0.419. The number of rotatable bonds is 0. The molecule has 1 aromatic heterocycles. The van der Waals surface area contributed by atoms with Gasteiger partial charge in [0, 0.05) is 4.69 Å². The van der Waals surface area contributed by atoms with E-state index >= 15 is 0 Å². The number of nitrogens with zero attached hydrogens (tertiary/aromatic N) is 3. The van der Waals surface area contributed by atoms with E-state index < -0.39 is 0 Å². The van der Waals surface area contributed by atoms with Gasteiger partial charge >= 0.3 is 16.3 Å². The van der Waals surface area contributed by atoms with E-state index in [0.29, 0.717) is 0 Å². The van der Waals surface area contributed by atoms with Crippen LogP contribution in [-0.2, 0) is 0 Å². The number of aromatic nitrogens is 3. The van der Waals surface area contributed by atoms with Crippen molar-refractivity contribution in [2.24, 2.45) is 0 Å². The molecule has 0 aliphatic rings. The van der Waals surface area contributed by atoms with Crippen LogP contribution in [-0.4, -0.2) is 31.2 Å². The monoisotopic (exact) mass is 137 g/mol. The molecule has 0 radical (unpaired) electrons. The van der Waals surface area contributed by atoms with Crippen LogP contribution in [0.3, 0.4) is 0 Å². The van der Waals surface area contributed by atoms with Crippen LogP contribution in [0.15, 0.2) is 0 Å². The van der Waals surface area contributed by atoms with Crippen LogP contribution in [0.1, 0.15) is 11.6 Å². The molecule has 0 aliphatic carbocycles. The molecule has 0 saturated carbocycles. The maximum Gasteiger partial charge on any atom is 0.321 e. The summed E-state index contributed by atoms with van der Waals surface area (Å²) < 4.78 is 0.931. The summed E-state index contributed by atoms with van der Waals surface area (Å²) >= 11 is 0.909. The Morgan fingerprint density at radius 1 is 1.00 bits per heavy atom. The lowest BCUT2D eigenvalue weighted by atomic mass is 10.6. The van der Waals surface area contributed by atoms with E-state index in [0.717, 1.165) is 32.6 Å². The standard InChI is InChI=1S/C5H6N3.Al.2H/c1-4-6-3-7-5(2)8-4;;;/h1-2H3;;;. The molecule has 0 amide bonds. The maximum atomic E-state index is 4.07. The minimum Gasteiger partial charge on any atom is -0.239 e. The van der Waals surface area contributed by atoms with E-state index in [1.807, 2.05) is 13.8 Å². The Hall–Kier alpha value is -0.458. The molecule has 0 saturated heterocycles. The summed E-state index contributed by atoms with van der Waals surface area (Å²) in [5.41, 5.74) is 0. The second-order valence-corrected chi connectivity index (χ2v) is 2.87. The first-order valence-electron chi connectivity index (χ1n) is 2.84. The van der Waals surface area contributed by atoms with Gasteiger partial charge in [0.2, 0.25) is 0 Å². The fourth-order valence-corrected chi connectivity index (χ4v) is 1.42. The summed E-state index contributed by atoms with van der Waals surface area (Å²) in [6.45, 7) is 3.77. The Bertz CT molecular complexity index is 173. The van der Waals surface area contributed by atoms with Crippen molar-refractivity contribution in [3.8, 4) is 0 Å². The van der Waals surface area contributed by atoms with Gasteiger partial charge in [-0.25, -0.2) is 15.0 Å². The predicted octanol–water partition coefficient (Wildman–Crippen LogP) is -1.25. The van der Waals surface area contributed by atoms with Crippen molar-refractivity contribution in [3.63, 3.8) is 0 Å². The van der Waals surface area contributed by atoms with Crippen molar-refractivity contribution in [2.45, 2.75) is 13.8 Å². The summed E-state index contributed by atoms with van der Waals surface area (Å²) in [4.78, 5) is 12.2. The van der Waals surface area contributed by atoms with Gasteiger partial charge in [0.25, 0.3) is 0 Å². The van der Waals surface area contributed by atoms with Crippen LogP contribution >= 0.6 is 0 Å². The Morgan fingerprint density at radius 2 is 1.44 bits per heavy atom. The highest BCUT2D eigenvalue weighted by molar-refractivity contribution is 6.28. The van der Waals surface area contributed by atoms with Gasteiger partial charge in [-0.2, -0.15) is 0 Å². The van der Waals surface area contributed by atoms with Crippen molar-refractivity contribution in [1.82, 2.24) is 15.0 Å².